The van der Waals surface area contributed by atoms with Crippen LogP contribution in [0.2, 0.25) is 0 Å². The second kappa shape index (κ2) is 10.9. The first-order chi connectivity index (χ1) is 12.9. The zero-order valence-corrected chi connectivity index (χ0v) is 17.3. The Balaban J connectivity index is 1.79. The minimum atomic E-state index is -4.33. The SMILES string of the molecule is CCCSc1cc(OCCCSCc2cccc(C)c2)ccc1C(F)(F)F. The Hall–Kier alpha value is -1.27. The van der Waals surface area contributed by atoms with E-state index < -0.39 is 11.7 Å². The highest BCUT2D eigenvalue weighted by Crippen LogP contribution is 2.38. The molecule has 2 aromatic rings. The summed E-state index contributed by atoms with van der Waals surface area (Å²) in [5.41, 5.74) is 1.98. The smallest absolute Gasteiger partial charge is 0.417 e. The molecule has 0 bridgehead atoms. The lowest BCUT2D eigenvalue weighted by Crippen LogP contribution is -2.07. The van der Waals surface area contributed by atoms with Crippen molar-refractivity contribution in [3.05, 3.63) is 59.2 Å². The van der Waals surface area contributed by atoms with Gasteiger partial charge in [-0.05, 0) is 55.0 Å². The Labute approximate surface area is 168 Å². The number of alkyl halides is 3. The van der Waals surface area contributed by atoms with Gasteiger partial charge in [-0.15, -0.1) is 11.8 Å². The maximum absolute atomic E-state index is 13.1. The van der Waals surface area contributed by atoms with Gasteiger partial charge in [0.1, 0.15) is 5.75 Å². The molecule has 0 amide bonds. The molecular formula is C21H25F3OS2. The summed E-state index contributed by atoms with van der Waals surface area (Å²) in [4.78, 5) is 0.246. The molecule has 0 aliphatic heterocycles. The van der Waals surface area contributed by atoms with Gasteiger partial charge in [0.15, 0.2) is 0 Å². The fourth-order valence-electron chi connectivity index (χ4n) is 2.50. The number of thioether (sulfide) groups is 2. The lowest BCUT2D eigenvalue weighted by Gasteiger charge is -2.14. The number of hydrogen-bond donors (Lipinski definition) is 0. The van der Waals surface area contributed by atoms with E-state index in [4.69, 9.17) is 4.74 Å². The third-order valence-electron chi connectivity index (χ3n) is 3.77. The average Bonchev–Trinajstić information content (AvgIpc) is 2.62. The number of ether oxygens (including phenoxy) is 1. The summed E-state index contributed by atoms with van der Waals surface area (Å²) >= 11 is 3.07. The molecule has 0 aromatic heterocycles. The van der Waals surface area contributed by atoms with E-state index in [1.54, 1.807) is 0 Å². The van der Waals surface area contributed by atoms with Gasteiger partial charge < -0.3 is 4.74 Å². The molecule has 0 radical (unpaired) electrons. The van der Waals surface area contributed by atoms with Gasteiger partial charge in [0.05, 0.1) is 12.2 Å². The first-order valence-corrected chi connectivity index (χ1v) is 11.1. The fraction of sp³-hybridized carbons (Fsp3) is 0.429. The van der Waals surface area contributed by atoms with Crippen LogP contribution in [0.5, 0.6) is 5.75 Å². The van der Waals surface area contributed by atoms with Gasteiger partial charge in [0.25, 0.3) is 0 Å². The number of aryl methyl sites for hydroxylation is 1. The quantitative estimate of drug-likeness (QED) is 0.300. The topological polar surface area (TPSA) is 9.23 Å². The van der Waals surface area contributed by atoms with Gasteiger partial charge in [-0.25, -0.2) is 0 Å². The fourth-order valence-corrected chi connectivity index (χ4v) is 4.35. The monoisotopic (exact) mass is 414 g/mol. The third kappa shape index (κ3) is 7.70. The van der Waals surface area contributed by atoms with Crippen LogP contribution >= 0.6 is 23.5 Å². The Morgan fingerprint density at radius 2 is 1.85 bits per heavy atom. The standard InChI is InChI=1S/C21H25F3OS2/c1-3-11-27-20-14-18(8-9-19(20)21(22,23)24)25-10-5-12-26-15-17-7-4-6-16(2)13-17/h4,6-9,13-14H,3,5,10-12,15H2,1-2H3. The van der Waals surface area contributed by atoms with Gasteiger partial charge >= 0.3 is 6.18 Å². The van der Waals surface area contributed by atoms with Gasteiger partial charge in [-0.2, -0.15) is 24.9 Å². The van der Waals surface area contributed by atoms with Crippen molar-refractivity contribution in [2.24, 2.45) is 0 Å². The molecule has 0 aliphatic carbocycles. The molecule has 27 heavy (non-hydrogen) atoms. The van der Waals surface area contributed by atoms with Crippen LogP contribution in [0.4, 0.5) is 13.2 Å². The summed E-state index contributed by atoms with van der Waals surface area (Å²) in [6.07, 6.45) is -2.65. The third-order valence-corrected chi connectivity index (χ3v) is 6.15. The minimum absolute atomic E-state index is 0.246. The van der Waals surface area contributed by atoms with Crippen molar-refractivity contribution >= 4 is 23.5 Å². The van der Waals surface area contributed by atoms with E-state index in [2.05, 4.69) is 31.2 Å². The Morgan fingerprint density at radius 3 is 2.56 bits per heavy atom. The molecule has 6 heteroatoms. The Bertz CT molecular complexity index is 717. The molecular weight excluding hydrogens is 389 g/mol. The van der Waals surface area contributed by atoms with E-state index in [-0.39, 0.29) is 4.90 Å². The summed E-state index contributed by atoms with van der Waals surface area (Å²) in [5, 5.41) is 0. The lowest BCUT2D eigenvalue weighted by molar-refractivity contribution is -0.139. The highest BCUT2D eigenvalue weighted by molar-refractivity contribution is 7.99. The second-order valence-corrected chi connectivity index (χ2v) is 8.49. The average molecular weight is 415 g/mol. The van der Waals surface area contributed by atoms with E-state index in [1.807, 2.05) is 18.7 Å². The van der Waals surface area contributed by atoms with Crippen LogP contribution in [-0.4, -0.2) is 18.1 Å². The Morgan fingerprint density at radius 1 is 1.04 bits per heavy atom. The first-order valence-electron chi connectivity index (χ1n) is 9.00. The van der Waals surface area contributed by atoms with Crippen LogP contribution in [0, 0.1) is 6.92 Å². The van der Waals surface area contributed by atoms with Crippen molar-refractivity contribution in [2.75, 3.05) is 18.1 Å². The van der Waals surface area contributed by atoms with Crippen LogP contribution in [0.25, 0.3) is 0 Å². The summed E-state index contributed by atoms with van der Waals surface area (Å²) in [7, 11) is 0. The van der Waals surface area contributed by atoms with Crippen LogP contribution in [0.1, 0.15) is 36.5 Å². The van der Waals surface area contributed by atoms with Crippen molar-refractivity contribution in [3.63, 3.8) is 0 Å². The predicted molar refractivity (Wildman–Crippen MR) is 110 cm³/mol. The largest absolute Gasteiger partial charge is 0.494 e. The molecule has 0 heterocycles. The number of halogens is 3. The van der Waals surface area contributed by atoms with Crippen molar-refractivity contribution < 1.29 is 17.9 Å². The summed E-state index contributed by atoms with van der Waals surface area (Å²) in [5.74, 6) is 3.07. The summed E-state index contributed by atoms with van der Waals surface area (Å²) in [6, 6.07) is 12.5. The highest BCUT2D eigenvalue weighted by atomic mass is 32.2. The first kappa shape index (κ1) is 22.0. The molecule has 2 rings (SSSR count). The molecule has 0 saturated carbocycles. The van der Waals surface area contributed by atoms with Gasteiger partial charge in [0, 0.05) is 10.6 Å². The molecule has 0 N–H and O–H groups in total. The zero-order chi connectivity index (χ0) is 19.7. The summed E-state index contributed by atoms with van der Waals surface area (Å²) in [6.45, 7) is 4.54. The molecule has 1 nitrogen and oxygen atoms in total. The molecule has 2 aromatic carbocycles. The van der Waals surface area contributed by atoms with E-state index >= 15 is 0 Å². The van der Waals surface area contributed by atoms with E-state index in [0.717, 1.165) is 30.4 Å². The highest BCUT2D eigenvalue weighted by Gasteiger charge is 2.33. The molecule has 0 aliphatic rings. The zero-order valence-electron chi connectivity index (χ0n) is 15.6. The van der Waals surface area contributed by atoms with Gasteiger partial charge in [0.2, 0.25) is 0 Å². The van der Waals surface area contributed by atoms with Crippen molar-refractivity contribution in [2.45, 2.75) is 43.5 Å². The number of rotatable bonds is 10. The molecule has 0 fully saturated rings. The molecule has 0 unspecified atom stereocenters. The van der Waals surface area contributed by atoms with Crippen molar-refractivity contribution in [1.29, 1.82) is 0 Å². The molecule has 0 saturated heterocycles. The maximum atomic E-state index is 13.1. The molecule has 0 spiro atoms. The predicted octanol–water partition coefficient (Wildman–Crippen LogP) is 7.22. The number of hydrogen-bond acceptors (Lipinski definition) is 3. The molecule has 148 valence electrons. The van der Waals surface area contributed by atoms with Gasteiger partial charge in [-0.3, -0.25) is 0 Å². The minimum Gasteiger partial charge on any atom is -0.494 e. The Kier molecular flexibility index (Phi) is 8.90. The summed E-state index contributed by atoms with van der Waals surface area (Å²) < 4.78 is 45.0. The van der Waals surface area contributed by atoms with Gasteiger partial charge in [-0.1, -0.05) is 36.8 Å². The van der Waals surface area contributed by atoms with Crippen LogP contribution in [-0.2, 0) is 11.9 Å². The van der Waals surface area contributed by atoms with Crippen LogP contribution in [0.3, 0.4) is 0 Å². The van der Waals surface area contributed by atoms with Crippen LogP contribution in [0.15, 0.2) is 47.4 Å². The van der Waals surface area contributed by atoms with Crippen molar-refractivity contribution in [3.8, 4) is 5.75 Å². The molecule has 0 atom stereocenters. The van der Waals surface area contributed by atoms with E-state index in [9.17, 15) is 13.2 Å². The van der Waals surface area contributed by atoms with Crippen molar-refractivity contribution in [1.82, 2.24) is 0 Å². The lowest BCUT2D eigenvalue weighted by atomic mass is 10.2. The normalized spacial score (nSPS) is 11.6. The second-order valence-electron chi connectivity index (χ2n) is 6.25. The maximum Gasteiger partial charge on any atom is 0.417 e. The van der Waals surface area contributed by atoms with Crippen LogP contribution < -0.4 is 4.74 Å². The van der Waals surface area contributed by atoms with E-state index in [0.29, 0.717) is 18.1 Å². The van der Waals surface area contributed by atoms with E-state index in [1.165, 1.54) is 35.0 Å². The number of benzene rings is 2.